The van der Waals surface area contributed by atoms with Crippen molar-refractivity contribution in [3.63, 3.8) is 0 Å². The first kappa shape index (κ1) is 15.9. The molecule has 1 spiro atoms. The Hall–Kier alpha value is -1.30. The van der Waals surface area contributed by atoms with Crippen LogP contribution in [0.1, 0.15) is 25.7 Å². The first-order chi connectivity index (χ1) is 12.1. The number of piperidine rings is 1. The van der Waals surface area contributed by atoms with E-state index in [1.54, 1.807) is 13.2 Å². The molecule has 5 rings (SSSR count). The van der Waals surface area contributed by atoms with Crippen LogP contribution < -0.4 is 0 Å². The van der Waals surface area contributed by atoms with Gasteiger partial charge in [-0.3, -0.25) is 4.90 Å². The Labute approximate surface area is 148 Å². The number of hydrogen-bond acceptors (Lipinski definition) is 5. The summed E-state index contributed by atoms with van der Waals surface area (Å²) < 4.78 is 12.1. The molecule has 2 N–H and O–H groups in total. The molecule has 0 aromatic rings. The summed E-state index contributed by atoms with van der Waals surface area (Å²) in [6.07, 6.45) is 8.90. The molecular formula is C20H27NO4. The number of methoxy groups -OCH3 is 1. The molecule has 2 saturated heterocycles. The number of allylic oxidation sites excluding steroid dienone is 3. The summed E-state index contributed by atoms with van der Waals surface area (Å²) in [6, 6.07) is 0.105. The van der Waals surface area contributed by atoms with Gasteiger partial charge in [-0.1, -0.05) is 12.2 Å². The van der Waals surface area contributed by atoms with Crippen LogP contribution in [0.25, 0.3) is 0 Å². The Balaban J connectivity index is 1.69. The van der Waals surface area contributed by atoms with E-state index in [-0.39, 0.29) is 35.3 Å². The summed E-state index contributed by atoms with van der Waals surface area (Å²) in [5, 5.41) is 22.5. The normalized spacial score (nSPS) is 50.4. The molecule has 0 amide bonds. The van der Waals surface area contributed by atoms with Crippen molar-refractivity contribution in [3.05, 3.63) is 36.3 Å². The maximum absolute atomic E-state index is 12.1. The fourth-order valence-corrected chi connectivity index (χ4v) is 6.82. The van der Waals surface area contributed by atoms with Crippen LogP contribution in [0, 0.1) is 17.3 Å². The maximum atomic E-state index is 12.1. The Morgan fingerprint density at radius 3 is 3.08 bits per heavy atom. The SMILES string of the molecule is C=CCN1CC[C@@]23C4C5=C(O)C=CC4CC1[C@]2(O)CC[C@H](OC)[C@@H]3O5. The van der Waals surface area contributed by atoms with E-state index in [2.05, 4.69) is 17.6 Å². The maximum Gasteiger partial charge on any atom is 0.153 e. The highest BCUT2D eigenvalue weighted by atomic mass is 16.5. The van der Waals surface area contributed by atoms with Crippen LogP contribution in [0.3, 0.4) is 0 Å². The summed E-state index contributed by atoms with van der Waals surface area (Å²) in [7, 11) is 1.73. The Morgan fingerprint density at radius 1 is 1.48 bits per heavy atom. The molecular weight excluding hydrogens is 318 g/mol. The van der Waals surface area contributed by atoms with E-state index in [9.17, 15) is 10.2 Å². The molecule has 2 bridgehead atoms. The molecule has 2 aliphatic heterocycles. The number of aliphatic hydroxyl groups is 2. The van der Waals surface area contributed by atoms with Crippen LogP contribution in [0.4, 0.5) is 0 Å². The van der Waals surface area contributed by atoms with E-state index < -0.39 is 5.60 Å². The number of aliphatic hydroxyl groups excluding tert-OH is 1. The van der Waals surface area contributed by atoms with Crippen molar-refractivity contribution < 1.29 is 19.7 Å². The summed E-state index contributed by atoms with van der Waals surface area (Å²) >= 11 is 0. The van der Waals surface area contributed by atoms with E-state index in [0.29, 0.717) is 11.7 Å². The second kappa shape index (κ2) is 5.12. The van der Waals surface area contributed by atoms with Crippen LogP contribution in [0.15, 0.2) is 36.3 Å². The minimum atomic E-state index is -0.803. The molecule has 2 heterocycles. The molecule has 2 saturated carbocycles. The average Bonchev–Trinajstić information content (AvgIpc) is 2.95. The molecule has 5 nitrogen and oxygen atoms in total. The molecule has 0 aromatic heterocycles. The van der Waals surface area contributed by atoms with Gasteiger partial charge in [0, 0.05) is 25.6 Å². The number of likely N-dealkylation sites (tertiary alicyclic amines) is 1. The minimum Gasteiger partial charge on any atom is -0.504 e. The predicted octanol–water partition coefficient (Wildman–Crippen LogP) is 2.15. The van der Waals surface area contributed by atoms with Crippen molar-refractivity contribution in [1.82, 2.24) is 4.90 Å². The highest BCUT2D eigenvalue weighted by Crippen LogP contribution is 2.69. The van der Waals surface area contributed by atoms with Gasteiger partial charge in [0.15, 0.2) is 5.76 Å². The second-order valence-electron chi connectivity index (χ2n) is 8.35. The smallest absolute Gasteiger partial charge is 0.153 e. The molecule has 0 aromatic carbocycles. The fourth-order valence-electron chi connectivity index (χ4n) is 6.82. The topological polar surface area (TPSA) is 62.2 Å². The van der Waals surface area contributed by atoms with Gasteiger partial charge in [0.05, 0.1) is 17.1 Å². The molecule has 25 heavy (non-hydrogen) atoms. The largest absolute Gasteiger partial charge is 0.504 e. The number of ether oxygens (including phenoxy) is 2. The minimum absolute atomic E-state index is 0.0310. The first-order valence-electron chi connectivity index (χ1n) is 9.45. The van der Waals surface area contributed by atoms with Gasteiger partial charge in [-0.2, -0.15) is 0 Å². The highest BCUT2D eigenvalue weighted by Gasteiger charge is 2.76. The molecule has 5 aliphatic rings. The van der Waals surface area contributed by atoms with Crippen LogP contribution >= 0.6 is 0 Å². The zero-order valence-corrected chi connectivity index (χ0v) is 14.7. The lowest BCUT2D eigenvalue weighted by Gasteiger charge is -2.66. The van der Waals surface area contributed by atoms with E-state index in [1.807, 2.05) is 6.08 Å². The Morgan fingerprint density at radius 2 is 2.32 bits per heavy atom. The zero-order valence-electron chi connectivity index (χ0n) is 14.7. The summed E-state index contributed by atoms with van der Waals surface area (Å²) in [5.41, 5.74) is -1.17. The van der Waals surface area contributed by atoms with Crippen molar-refractivity contribution in [2.24, 2.45) is 17.3 Å². The van der Waals surface area contributed by atoms with Gasteiger partial charge in [0.1, 0.15) is 11.9 Å². The molecule has 0 radical (unpaired) electrons. The van der Waals surface area contributed by atoms with Gasteiger partial charge in [0.25, 0.3) is 0 Å². The molecule has 5 heteroatoms. The standard InChI is InChI=1S/C20H27NO4/c1-3-9-21-10-8-19-16-12-4-5-13(22)17(16)25-18(19)14(24-2)6-7-20(19,23)15(21)11-12/h3-5,12,14-16,18,22-23H,1,6-11H2,2H3/t12?,14-,15?,16?,18-,19-,20+/m0/s1. The summed E-state index contributed by atoms with van der Waals surface area (Å²) in [5.74, 6) is 1.28. The van der Waals surface area contributed by atoms with Crippen molar-refractivity contribution in [3.8, 4) is 0 Å². The van der Waals surface area contributed by atoms with E-state index in [0.717, 1.165) is 38.8 Å². The quantitative estimate of drug-likeness (QED) is 0.768. The molecule has 4 fully saturated rings. The van der Waals surface area contributed by atoms with E-state index in [4.69, 9.17) is 9.47 Å². The number of hydrogen-bond donors (Lipinski definition) is 2. The van der Waals surface area contributed by atoms with Gasteiger partial charge in [-0.05, 0) is 44.2 Å². The Bertz CT molecular complexity index is 673. The summed E-state index contributed by atoms with van der Waals surface area (Å²) in [6.45, 7) is 5.63. The van der Waals surface area contributed by atoms with Crippen molar-refractivity contribution >= 4 is 0 Å². The first-order valence-corrected chi connectivity index (χ1v) is 9.45. The van der Waals surface area contributed by atoms with E-state index in [1.165, 1.54) is 0 Å². The highest BCUT2D eigenvalue weighted by molar-refractivity contribution is 5.38. The van der Waals surface area contributed by atoms with Crippen LogP contribution in [-0.4, -0.2) is 59.2 Å². The number of rotatable bonds is 3. The summed E-state index contributed by atoms with van der Waals surface area (Å²) in [4.78, 5) is 2.39. The van der Waals surface area contributed by atoms with Crippen molar-refractivity contribution in [2.45, 2.75) is 49.5 Å². The van der Waals surface area contributed by atoms with Gasteiger partial charge in [0.2, 0.25) is 0 Å². The third-order valence-corrected chi connectivity index (χ3v) is 7.70. The van der Waals surface area contributed by atoms with E-state index >= 15 is 0 Å². The average molecular weight is 345 g/mol. The zero-order chi connectivity index (χ0) is 17.4. The molecule has 136 valence electrons. The lowest BCUT2D eigenvalue weighted by atomic mass is 9.44. The second-order valence-corrected chi connectivity index (χ2v) is 8.35. The van der Waals surface area contributed by atoms with Crippen molar-refractivity contribution in [2.75, 3.05) is 20.2 Å². The van der Waals surface area contributed by atoms with Crippen LogP contribution in [-0.2, 0) is 9.47 Å². The Kier molecular flexibility index (Phi) is 3.26. The lowest BCUT2D eigenvalue weighted by Crippen LogP contribution is -2.77. The van der Waals surface area contributed by atoms with Gasteiger partial charge in [-0.15, -0.1) is 6.58 Å². The monoisotopic (exact) mass is 345 g/mol. The van der Waals surface area contributed by atoms with Gasteiger partial charge < -0.3 is 19.7 Å². The molecule has 3 unspecified atom stereocenters. The van der Waals surface area contributed by atoms with Gasteiger partial charge in [-0.25, -0.2) is 0 Å². The van der Waals surface area contributed by atoms with Crippen molar-refractivity contribution in [1.29, 1.82) is 0 Å². The van der Waals surface area contributed by atoms with Crippen LogP contribution in [0.2, 0.25) is 0 Å². The molecule has 7 atom stereocenters. The number of nitrogens with zero attached hydrogens (tertiary/aromatic N) is 1. The lowest BCUT2D eigenvalue weighted by molar-refractivity contribution is -0.268. The third kappa shape index (κ3) is 1.70. The molecule has 3 aliphatic carbocycles. The third-order valence-electron chi connectivity index (χ3n) is 7.70. The predicted molar refractivity (Wildman–Crippen MR) is 92.9 cm³/mol. The fraction of sp³-hybridized carbons (Fsp3) is 0.700. The van der Waals surface area contributed by atoms with Crippen LogP contribution in [0.5, 0.6) is 0 Å². The van der Waals surface area contributed by atoms with Gasteiger partial charge >= 0.3 is 0 Å².